The SMILES string of the molecule is O=C(O)C(O)C1CCOCC1. The summed E-state index contributed by atoms with van der Waals surface area (Å²) < 4.78 is 5.03. The Morgan fingerprint density at radius 1 is 1.45 bits per heavy atom. The lowest BCUT2D eigenvalue weighted by molar-refractivity contribution is -0.151. The fourth-order valence-corrected chi connectivity index (χ4v) is 1.23. The summed E-state index contributed by atoms with van der Waals surface area (Å²) in [4.78, 5) is 10.3. The molecule has 1 atom stereocenters. The van der Waals surface area contributed by atoms with Crippen molar-refractivity contribution in [3.05, 3.63) is 0 Å². The lowest BCUT2D eigenvalue weighted by Crippen LogP contribution is -2.33. The van der Waals surface area contributed by atoms with Gasteiger partial charge in [-0.25, -0.2) is 4.79 Å². The first kappa shape index (κ1) is 8.49. The molecule has 1 aliphatic heterocycles. The fraction of sp³-hybridized carbons (Fsp3) is 0.857. The van der Waals surface area contributed by atoms with Crippen LogP contribution in [0.25, 0.3) is 0 Å². The number of ether oxygens (including phenoxy) is 1. The van der Waals surface area contributed by atoms with Gasteiger partial charge in [0, 0.05) is 13.2 Å². The average Bonchev–Trinajstić information content (AvgIpc) is 2.05. The Hall–Kier alpha value is -0.610. The quantitative estimate of drug-likeness (QED) is 0.590. The molecule has 4 nitrogen and oxygen atoms in total. The van der Waals surface area contributed by atoms with Gasteiger partial charge in [-0.1, -0.05) is 0 Å². The molecule has 64 valence electrons. The Morgan fingerprint density at radius 3 is 2.45 bits per heavy atom. The van der Waals surface area contributed by atoms with Crippen molar-refractivity contribution in [1.29, 1.82) is 0 Å². The Morgan fingerprint density at radius 2 is 2.00 bits per heavy atom. The first-order valence-electron chi connectivity index (χ1n) is 3.70. The van der Waals surface area contributed by atoms with E-state index in [2.05, 4.69) is 0 Å². The van der Waals surface area contributed by atoms with E-state index >= 15 is 0 Å². The van der Waals surface area contributed by atoms with Gasteiger partial charge in [-0.15, -0.1) is 0 Å². The summed E-state index contributed by atoms with van der Waals surface area (Å²) >= 11 is 0. The van der Waals surface area contributed by atoms with Crippen molar-refractivity contribution >= 4 is 5.97 Å². The van der Waals surface area contributed by atoms with Crippen LogP contribution in [0.3, 0.4) is 0 Å². The van der Waals surface area contributed by atoms with E-state index in [4.69, 9.17) is 14.9 Å². The highest BCUT2D eigenvalue weighted by molar-refractivity contribution is 5.72. The molecule has 11 heavy (non-hydrogen) atoms. The zero-order valence-electron chi connectivity index (χ0n) is 6.19. The van der Waals surface area contributed by atoms with Crippen molar-refractivity contribution in [3.8, 4) is 0 Å². The van der Waals surface area contributed by atoms with Gasteiger partial charge in [0.25, 0.3) is 0 Å². The fourth-order valence-electron chi connectivity index (χ4n) is 1.23. The van der Waals surface area contributed by atoms with Crippen molar-refractivity contribution in [2.24, 2.45) is 5.92 Å². The lowest BCUT2D eigenvalue weighted by atomic mass is 9.94. The Bertz CT molecular complexity index is 139. The molecule has 1 fully saturated rings. The van der Waals surface area contributed by atoms with Gasteiger partial charge in [-0.3, -0.25) is 0 Å². The van der Waals surface area contributed by atoms with E-state index in [0.717, 1.165) is 0 Å². The molecule has 0 aromatic carbocycles. The molecule has 0 aromatic heterocycles. The first-order valence-corrected chi connectivity index (χ1v) is 3.70. The van der Waals surface area contributed by atoms with Crippen molar-refractivity contribution in [2.45, 2.75) is 18.9 Å². The molecule has 4 heteroatoms. The molecule has 1 aliphatic rings. The zero-order valence-corrected chi connectivity index (χ0v) is 6.19. The minimum Gasteiger partial charge on any atom is -0.479 e. The van der Waals surface area contributed by atoms with Gasteiger partial charge in [0.05, 0.1) is 0 Å². The van der Waals surface area contributed by atoms with Crippen LogP contribution in [0.15, 0.2) is 0 Å². The van der Waals surface area contributed by atoms with E-state index < -0.39 is 12.1 Å². The summed E-state index contributed by atoms with van der Waals surface area (Å²) in [5, 5.41) is 17.5. The molecule has 1 unspecified atom stereocenters. The summed E-state index contributed by atoms with van der Waals surface area (Å²) in [6.07, 6.45) is 0.0832. The van der Waals surface area contributed by atoms with Crippen LogP contribution in [-0.4, -0.2) is 35.5 Å². The topological polar surface area (TPSA) is 66.8 Å². The van der Waals surface area contributed by atoms with Crippen molar-refractivity contribution in [2.75, 3.05) is 13.2 Å². The third-order valence-corrected chi connectivity index (χ3v) is 1.97. The summed E-state index contributed by atoms with van der Waals surface area (Å²) in [5.41, 5.74) is 0. The monoisotopic (exact) mass is 160 g/mol. The van der Waals surface area contributed by atoms with Gasteiger partial charge >= 0.3 is 5.97 Å². The Labute approximate surface area is 64.8 Å². The standard InChI is InChI=1S/C7H12O4/c8-6(7(9)10)5-1-3-11-4-2-5/h5-6,8H,1-4H2,(H,9,10). The number of aliphatic hydroxyl groups excluding tert-OH is 1. The average molecular weight is 160 g/mol. The predicted molar refractivity (Wildman–Crippen MR) is 37.2 cm³/mol. The molecule has 2 N–H and O–H groups in total. The Kier molecular flexibility index (Phi) is 2.84. The lowest BCUT2D eigenvalue weighted by Gasteiger charge is -2.23. The number of carbonyl (C=O) groups is 1. The summed E-state index contributed by atoms with van der Waals surface area (Å²) in [5.74, 6) is -1.25. The van der Waals surface area contributed by atoms with E-state index in [-0.39, 0.29) is 5.92 Å². The van der Waals surface area contributed by atoms with Gasteiger partial charge in [-0.05, 0) is 18.8 Å². The molecule has 0 saturated carbocycles. The summed E-state index contributed by atoms with van der Waals surface area (Å²) in [7, 11) is 0. The molecule has 0 aromatic rings. The van der Waals surface area contributed by atoms with Crippen LogP contribution in [0.5, 0.6) is 0 Å². The highest BCUT2D eigenvalue weighted by Gasteiger charge is 2.27. The third kappa shape index (κ3) is 2.17. The van der Waals surface area contributed by atoms with Crippen LogP contribution < -0.4 is 0 Å². The van der Waals surface area contributed by atoms with Gasteiger partial charge in [-0.2, -0.15) is 0 Å². The van der Waals surface area contributed by atoms with Gasteiger partial charge < -0.3 is 14.9 Å². The van der Waals surface area contributed by atoms with Crippen LogP contribution in [0.2, 0.25) is 0 Å². The van der Waals surface area contributed by atoms with Crippen LogP contribution in [0.4, 0.5) is 0 Å². The molecule has 0 aliphatic carbocycles. The Balaban J connectivity index is 2.38. The second kappa shape index (κ2) is 3.69. The highest BCUT2D eigenvalue weighted by atomic mass is 16.5. The van der Waals surface area contributed by atoms with Crippen molar-refractivity contribution in [1.82, 2.24) is 0 Å². The maximum absolute atomic E-state index is 10.3. The normalized spacial score (nSPS) is 23.0. The minimum atomic E-state index is -1.21. The number of hydrogen-bond acceptors (Lipinski definition) is 3. The molecule has 1 saturated heterocycles. The molecule has 0 amide bonds. The van der Waals surface area contributed by atoms with Crippen LogP contribution >= 0.6 is 0 Å². The van der Waals surface area contributed by atoms with Gasteiger partial charge in [0.2, 0.25) is 0 Å². The number of rotatable bonds is 2. The smallest absolute Gasteiger partial charge is 0.332 e. The van der Waals surface area contributed by atoms with Crippen molar-refractivity contribution in [3.63, 3.8) is 0 Å². The predicted octanol–water partition coefficient (Wildman–Crippen LogP) is -0.142. The van der Waals surface area contributed by atoms with E-state index in [1.807, 2.05) is 0 Å². The maximum atomic E-state index is 10.3. The minimum absolute atomic E-state index is 0.124. The zero-order chi connectivity index (χ0) is 8.27. The maximum Gasteiger partial charge on any atom is 0.332 e. The number of aliphatic carboxylic acids is 1. The van der Waals surface area contributed by atoms with E-state index in [0.29, 0.717) is 26.1 Å². The first-order chi connectivity index (χ1) is 5.22. The molecular formula is C7H12O4. The summed E-state index contributed by atoms with van der Waals surface area (Å²) in [6.45, 7) is 1.13. The third-order valence-electron chi connectivity index (χ3n) is 1.97. The van der Waals surface area contributed by atoms with Crippen LogP contribution in [0.1, 0.15) is 12.8 Å². The van der Waals surface area contributed by atoms with E-state index in [1.54, 1.807) is 0 Å². The molecule has 0 bridgehead atoms. The number of hydrogen-bond donors (Lipinski definition) is 2. The highest BCUT2D eigenvalue weighted by Crippen LogP contribution is 2.18. The van der Waals surface area contributed by atoms with E-state index in [9.17, 15) is 4.79 Å². The molecule has 0 spiro atoms. The second-order valence-electron chi connectivity index (χ2n) is 2.73. The summed E-state index contributed by atoms with van der Waals surface area (Å²) in [6, 6.07) is 0. The number of carboxylic acid groups (broad SMARTS) is 1. The molecule has 0 radical (unpaired) electrons. The number of aliphatic hydroxyl groups is 1. The van der Waals surface area contributed by atoms with Crippen LogP contribution in [0, 0.1) is 5.92 Å². The van der Waals surface area contributed by atoms with Gasteiger partial charge in [0.1, 0.15) is 0 Å². The van der Waals surface area contributed by atoms with Crippen LogP contribution in [-0.2, 0) is 9.53 Å². The molecule has 1 rings (SSSR count). The van der Waals surface area contributed by atoms with E-state index in [1.165, 1.54) is 0 Å². The molecule has 1 heterocycles. The van der Waals surface area contributed by atoms with Gasteiger partial charge in [0.15, 0.2) is 6.10 Å². The number of carboxylic acids is 1. The largest absolute Gasteiger partial charge is 0.479 e. The second-order valence-corrected chi connectivity index (χ2v) is 2.73. The molecular weight excluding hydrogens is 148 g/mol. The van der Waals surface area contributed by atoms with Crippen molar-refractivity contribution < 1.29 is 19.7 Å².